The van der Waals surface area contributed by atoms with E-state index in [1.165, 1.54) is 0 Å². The van der Waals surface area contributed by atoms with E-state index in [4.69, 9.17) is 11.6 Å². The van der Waals surface area contributed by atoms with E-state index >= 15 is 0 Å². The van der Waals surface area contributed by atoms with Crippen LogP contribution >= 0.6 is 11.6 Å². The number of rotatable bonds is 3. The molecule has 1 aromatic rings. The second-order valence-corrected chi connectivity index (χ2v) is 6.99. The van der Waals surface area contributed by atoms with Crippen LogP contribution in [0.15, 0.2) is 36.4 Å². The maximum absolute atomic E-state index is 12.7. The number of carboxylic acid groups (broad SMARTS) is 1. The van der Waals surface area contributed by atoms with Gasteiger partial charge >= 0.3 is 5.97 Å². The van der Waals surface area contributed by atoms with Crippen LogP contribution in [0.3, 0.4) is 0 Å². The van der Waals surface area contributed by atoms with Crippen molar-refractivity contribution in [2.75, 3.05) is 5.32 Å². The fourth-order valence-electron chi connectivity index (χ4n) is 4.45. The number of nitrogens with one attached hydrogen (secondary N) is 1. The smallest absolute Gasteiger partial charge is 0.307 e. The predicted molar refractivity (Wildman–Crippen MR) is 82.5 cm³/mol. The summed E-state index contributed by atoms with van der Waals surface area (Å²) in [5, 5.41) is 13.0. The van der Waals surface area contributed by atoms with Crippen molar-refractivity contribution in [1.29, 1.82) is 0 Å². The Kier molecular flexibility index (Phi) is 2.89. The molecule has 3 aliphatic carbocycles. The summed E-state index contributed by atoms with van der Waals surface area (Å²) in [6.07, 6.45) is 6.14. The number of carbonyl (C=O) groups excluding carboxylic acids is 1. The number of carboxylic acids is 1. The Morgan fingerprint density at radius 2 is 1.68 bits per heavy atom. The molecule has 2 fully saturated rings. The topological polar surface area (TPSA) is 66.4 Å². The summed E-state index contributed by atoms with van der Waals surface area (Å²) in [6.45, 7) is 0. The summed E-state index contributed by atoms with van der Waals surface area (Å²) in [5.74, 6) is -2.07. The minimum atomic E-state index is -0.862. The minimum absolute atomic E-state index is 0.0102. The van der Waals surface area contributed by atoms with Gasteiger partial charge in [-0.15, -0.1) is 0 Å². The molecule has 22 heavy (non-hydrogen) atoms. The number of halogens is 1. The van der Waals surface area contributed by atoms with Crippen molar-refractivity contribution < 1.29 is 14.7 Å². The van der Waals surface area contributed by atoms with Gasteiger partial charge in [0, 0.05) is 10.7 Å². The highest BCUT2D eigenvalue weighted by Gasteiger charge is 2.70. The van der Waals surface area contributed by atoms with Gasteiger partial charge in [0.1, 0.15) is 0 Å². The van der Waals surface area contributed by atoms with E-state index in [0.717, 1.165) is 12.8 Å². The highest BCUT2D eigenvalue weighted by atomic mass is 35.5. The monoisotopic (exact) mass is 317 g/mol. The van der Waals surface area contributed by atoms with Crippen LogP contribution in [-0.4, -0.2) is 17.0 Å². The summed E-state index contributed by atoms with van der Waals surface area (Å²) in [4.78, 5) is 24.4. The van der Waals surface area contributed by atoms with Gasteiger partial charge in [0.2, 0.25) is 5.91 Å². The molecule has 114 valence electrons. The van der Waals surface area contributed by atoms with Crippen LogP contribution in [0.25, 0.3) is 0 Å². The van der Waals surface area contributed by atoms with Gasteiger partial charge in [-0.05, 0) is 54.4 Å². The molecule has 0 unspecified atom stereocenters. The van der Waals surface area contributed by atoms with Crippen molar-refractivity contribution in [1.82, 2.24) is 0 Å². The predicted octanol–water partition coefficient (Wildman–Crippen LogP) is 3.19. The van der Waals surface area contributed by atoms with E-state index in [2.05, 4.69) is 11.4 Å². The van der Waals surface area contributed by atoms with Crippen molar-refractivity contribution in [3.8, 4) is 0 Å². The Labute approximate surface area is 133 Å². The van der Waals surface area contributed by atoms with E-state index in [1.807, 2.05) is 6.08 Å². The first kappa shape index (κ1) is 13.8. The van der Waals surface area contributed by atoms with Crippen LogP contribution in [0.1, 0.15) is 12.8 Å². The van der Waals surface area contributed by atoms with Crippen molar-refractivity contribution in [2.24, 2.45) is 29.1 Å². The molecular weight excluding hydrogens is 302 g/mol. The molecule has 0 aliphatic heterocycles. The van der Waals surface area contributed by atoms with Crippen LogP contribution < -0.4 is 5.32 Å². The van der Waals surface area contributed by atoms with Crippen LogP contribution in [0.2, 0.25) is 5.02 Å². The average Bonchev–Trinajstić information content (AvgIpc) is 3.15. The number of aliphatic carboxylic acids is 1. The molecule has 0 aromatic heterocycles. The van der Waals surface area contributed by atoms with Crippen molar-refractivity contribution in [3.63, 3.8) is 0 Å². The third-order valence-electron chi connectivity index (χ3n) is 5.54. The molecule has 3 aliphatic rings. The van der Waals surface area contributed by atoms with Gasteiger partial charge < -0.3 is 10.4 Å². The van der Waals surface area contributed by atoms with Gasteiger partial charge in [0.25, 0.3) is 0 Å². The standard InChI is InChI=1S/C17H16ClNO3/c18-9-1-3-10(4-2-9)19-15(20)13-11-5-6-12(14(13)16(21)22)17(11)7-8-17/h1-6,11-14H,7-8H2,(H,19,20)(H,21,22)/t11-,12-,13-,14-/m0/s1. The molecule has 2 N–H and O–H groups in total. The highest BCUT2D eigenvalue weighted by Crippen LogP contribution is 2.72. The van der Waals surface area contributed by atoms with Gasteiger partial charge in [-0.3, -0.25) is 9.59 Å². The summed E-state index contributed by atoms with van der Waals surface area (Å²) in [7, 11) is 0. The highest BCUT2D eigenvalue weighted by molar-refractivity contribution is 6.30. The fourth-order valence-corrected chi connectivity index (χ4v) is 4.58. The number of anilines is 1. The van der Waals surface area contributed by atoms with Crippen molar-refractivity contribution in [3.05, 3.63) is 41.4 Å². The fraction of sp³-hybridized carbons (Fsp3) is 0.412. The zero-order valence-electron chi connectivity index (χ0n) is 11.8. The van der Waals surface area contributed by atoms with Gasteiger partial charge in [0.05, 0.1) is 11.8 Å². The molecular formula is C17H16ClNO3. The SMILES string of the molecule is O=C(O)[C@@H]1[C@@H](C(=O)Nc2ccc(Cl)cc2)[C@@H]2C=C[C@@H]1C21CC1. The first-order valence-corrected chi connectivity index (χ1v) is 7.88. The molecule has 2 bridgehead atoms. The van der Waals surface area contributed by atoms with Crippen LogP contribution in [0.5, 0.6) is 0 Å². The molecule has 0 radical (unpaired) electrons. The number of allylic oxidation sites excluding steroid dienone is 2. The average molecular weight is 318 g/mol. The lowest BCUT2D eigenvalue weighted by atomic mass is 9.82. The van der Waals surface area contributed by atoms with Gasteiger partial charge in [-0.25, -0.2) is 0 Å². The van der Waals surface area contributed by atoms with Crippen molar-refractivity contribution >= 4 is 29.2 Å². The molecule has 4 atom stereocenters. The largest absolute Gasteiger partial charge is 0.481 e. The quantitative estimate of drug-likeness (QED) is 0.841. The van der Waals surface area contributed by atoms with Crippen LogP contribution in [0.4, 0.5) is 5.69 Å². The minimum Gasteiger partial charge on any atom is -0.481 e. The summed E-state index contributed by atoms with van der Waals surface area (Å²) in [6, 6.07) is 6.86. The number of benzene rings is 1. The maximum Gasteiger partial charge on any atom is 0.307 e. The van der Waals surface area contributed by atoms with Gasteiger partial charge in [-0.2, -0.15) is 0 Å². The Balaban J connectivity index is 1.60. The second kappa shape index (κ2) is 4.59. The zero-order valence-corrected chi connectivity index (χ0v) is 12.6. The van der Waals surface area contributed by atoms with Crippen LogP contribution in [0, 0.1) is 29.1 Å². The lowest BCUT2D eigenvalue weighted by Gasteiger charge is -2.23. The molecule has 1 amide bonds. The normalized spacial score (nSPS) is 33.1. The summed E-state index contributed by atoms with van der Waals surface area (Å²) >= 11 is 5.84. The molecule has 5 heteroatoms. The van der Waals surface area contributed by atoms with Crippen LogP contribution in [-0.2, 0) is 9.59 Å². The number of hydrogen-bond donors (Lipinski definition) is 2. The molecule has 2 saturated carbocycles. The first-order valence-electron chi connectivity index (χ1n) is 7.50. The number of hydrogen-bond acceptors (Lipinski definition) is 2. The summed E-state index contributed by atoms with van der Waals surface area (Å²) < 4.78 is 0. The summed E-state index contributed by atoms with van der Waals surface area (Å²) in [5.41, 5.74) is 0.695. The molecule has 4 rings (SSSR count). The lowest BCUT2D eigenvalue weighted by Crippen LogP contribution is -2.36. The molecule has 1 aromatic carbocycles. The van der Waals surface area contributed by atoms with E-state index in [-0.39, 0.29) is 23.2 Å². The first-order chi connectivity index (χ1) is 10.5. The van der Waals surface area contributed by atoms with Crippen molar-refractivity contribution in [2.45, 2.75) is 12.8 Å². The van der Waals surface area contributed by atoms with E-state index in [1.54, 1.807) is 24.3 Å². The maximum atomic E-state index is 12.7. The van der Waals surface area contributed by atoms with E-state index < -0.39 is 17.8 Å². The van der Waals surface area contributed by atoms with E-state index in [9.17, 15) is 14.7 Å². The third kappa shape index (κ3) is 1.83. The molecule has 1 spiro atoms. The Morgan fingerprint density at radius 3 is 2.23 bits per heavy atom. The second-order valence-electron chi connectivity index (χ2n) is 6.56. The lowest BCUT2D eigenvalue weighted by molar-refractivity contribution is -0.146. The Hall–Kier alpha value is -1.81. The number of carbonyl (C=O) groups is 2. The molecule has 0 saturated heterocycles. The Bertz CT molecular complexity index is 678. The third-order valence-corrected chi connectivity index (χ3v) is 5.79. The number of amides is 1. The van der Waals surface area contributed by atoms with Gasteiger partial charge in [-0.1, -0.05) is 23.8 Å². The van der Waals surface area contributed by atoms with Gasteiger partial charge in [0.15, 0.2) is 0 Å². The zero-order chi connectivity index (χ0) is 15.5. The van der Waals surface area contributed by atoms with E-state index in [0.29, 0.717) is 10.7 Å². The Morgan fingerprint density at radius 1 is 1.09 bits per heavy atom. The molecule has 4 nitrogen and oxygen atoms in total. The molecule has 0 heterocycles.